The summed E-state index contributed by atoms with van der Waals surface area (Å²) in [6.07, 6.45) is 3.64. The number of benzene rings is 1. The van der Waals surface area contributed by atoms with Crippen molar-refractivity contribution in [3.63, 3.8) is 0 Å². The van der Waals surface area contributed by atoms with Crippen LogP contribution in [0.2, 0.25) is 0 Å². The summed E-state index contributed by atoms with van der Waals surface area (Å²) in [6, 6.07) is 9.86. The van der Waals surface area contributed by atoms with Gasteiger partial charge in [-0.15, -0.1) is 0 Å². The molecule has 2 aliphatic rings. The third-order valence-corrected chi connectivity index (χ3v) is 4.42. The van der Waals surface area contributed by atoms with Crippen LogP contribution in [-0.2, 0) is 6.42 Å². The third-order valence-electron chi connectivity index (χ3n) is 4.42. The highest BCUT2D eigenvalue weighted by Crippen LogP contribution is 2.31. The number of hydrogen-bond acceptors (Lipinski definition) is 2. The Hall–Kier alpha value is -1.71. The van der Waals surface area contributed by atoms with Gasteiger partial charge in [-0.2, -0.15) is 0 Å². The molecule has 0 saturated heterocycles. The van der Waals surface area contributed by atoms with Crippen LogP contribution < -0.4 is 10.6 Å². The SMILES string of the molecule is CC1Cc2ccccc2N1CCN=C(N)N(C)C1CC1. The second kappa shape index (κ2) is 5.35. The molecule has 3 rings (SSSR count). The maximum atomic E-state index is 6.03. The molecular weight excluding hydrogens is 248 g/mol. The highest BCUT2D eigenvalue weighted by molar-refractivity contribution is 5.78. The molecule has 0 aromatic heterocycles. The Morgan fingerprint density at radius 2 is 2.15 bits per heavy atom. The maximum absolute atomic E-state index is 6.03. The Morgan fingerprint density at radius 1 is 1.40 bits per heavy atom. The Bertz CT molecular complexity index is 507. The van der Waals surface area contributed by atoms with E-state index in [0.717, 1.165) is 19.5 Å². The van der Waals surface area contributed by atoms with Gasteiger partial charge in [0.15, 0.2) is 5.96 Å². The summed E-state index contributed by atoms with van der Waals surface area (Å²) in [4.78, 5) is 9.09. The van der Waals surface area contributed by atoms with Crippen molar-refractivity contribution >= 4 is 11.6 Å². The van der Waals surface area contributed by atoms with E-state index in [-0.39, 0.29) is 0 Å². The van der Waals surface area contributed by atoms with E-state index >= 15 is 0 Å². The van der Waals surface area contributed by atoms with Crippen LogP contribution in [0, 0.1) is 0 Å². The Morgan fingerprint density at radius 3 is 2.90 bits per heavy atom. The fourth-order valence-electron chi connectivity index (χ4n) is 3.00. The van der Waals surface area contributed by atoms with Gasteiger partial charge >= 0.3 is 0 Å². The Balaban J connectivity index is 1.59. The first-order valence-electron chi connectivity index (χ1n) is 7.54. The first-order valence-corrected chi connectivity index (χ1v) is 7.54. The molecule has 0 radical (unpaired) electrons. The van der Waals surface area contributed by atoms with Crippen molar-refractivity contribution in [2.75, 3.05) is 25.0 Å². The number of anilines is 1. The molecule has 0 amide bonds. The number of fused-ring (bicyclic) bond motifs is 1. The van der Waals surface area contributed by atoms with Crippen LogP contribution in [0.25, 0.3) is 0 Å². The van der Waals surface area contributed by atoms with Crippen molar-refractivity contribution in [1.82, 2.24) is 4.90 Å². The summed E-state index contributed by atoms with van der Waals surface area (Å²) in [5, 5.41) is 0. The van der Waals surface area contributed by atoms with Crippen molar-refractivity contribution in [3.05, 3.63) is 29.8 Å². The lowest BCUT2D eigenvalue weighted by Gasteiger charge is -2.24. The van der Waals surface area contributed by atoms with Crippen LogP contribution in [0.3, 0.4) is 0 Å². The summed E-state index contributed by atoms with van der Waals surface area (Å²) in [7, 11) is 2.05. The minimum atomic E-state index is 0.560. The van der Waals surface area contributed by atoms with Crippen LogP contribution in [0.1, 0.15) is 25.3 Å². The number of aliphatic imine (C=N–C) groups is 1. The molecule has 1 aromatic carbocycles. The van der Waals surface area contributed by atoms with Gasteiger partial charge in [0.05, 0.1) is 6.54 Å². The molecule has 108 valence electrons. The summed E-state index contributed by atoms with van der Waals surface area (Å²) < 4.78 is 0. The number of hydrogen-bond donors (Lipinski definition) is 1. The lowest BCUT2D eigenvalue weighted by Crippen LogP contribution is -2.37. The number of nitrogens with zero attached hydrogens (tertiary/aromatic N) is 3. The molecule has 4 nitrogen and oxygen atoms in total. The number of guanidine groups is 1. The van der Waals surface area contributed by atoms with Gasteiger partial charge in [-0.1, -0.05) is 18.2 Å². The number of para-hydroxylation sites is 1. The average molecular weight is 272 g/mol. The first-order chi connectivity index (χ1) is 9.66. The zero-order valence-electron chi connectivity index (χ0n) is 12.4. The van der Waals surface area contributed by atoms with Crippen molar-refractivity contribution in [1.29, 1.82) is 0 Å². The van der Waals surface area contributed by atoms with Crippen molar-refractivity contribution in [3.8, 4) is 0 Å². The molecule has 1 saturated carbocycles. The van der Waals surface area contributed by atoms with Gasteiger partial charge in [-0.05, 0) is 37.8 Å². The van der Waals surface area contributed by atoms with Gasteiger partial charge in [0.25, 0.3) is 0 Å². The standard InChI is InChI=1S/C16H24N4/c1-12-11-13-5-3-4-6-15(13)20(12)10-9-18-16(17)19(2)14-7-8-14/h3-6,12,14H,7-11H2,1-2H3,(H2,17,18). The Kier molecular flexibility index (Phi) is 3.55. The Labute approximate surface area is 121 Å². The molecule has 0 spiro atoms. The number of nitrogens with two attached hydrogens (primary N) is 1. The molecule has 1 unspecified atom stereocenters. The third kappa shape index (κ3) is 2.60. The fraction of sp³-hybridized carbons (Fsp3) is 0.562. The zero-order valence-corrected chi connectivity index (χ0v) is 12.4. The maximum Gasteiger partial charge on any atom is 0.191 e. The van der Waals surface area contributed by atoms with Gasteiger partial charge in [-0.3, -0.25) is 4.99 Å². The van der Waals surface area contributed by atoms with Gasteiger partial charge in [0.1, 0.15) is 0 Å². The minimum absolute atomic E-state index is 0.560. The number of rotatable bonds is 4. The van der Waals surface area contributed by atoms with E-state index < -0.39 is 0 Å². The monoisotopic (exact) mass is 272 g/mol. The van der Waals surface area contributed by atoms with Crippen LogP contribution in [-0.4, -0.2) is 43.1 Å². The summed E-state index contributed by atoms with van der Waals surface area (Å²) >= 11 is 0. The summed E-state index contributed by atoms with van der Waals surface area (Å²) in [6.45, 7) is 3.99. The van der Waals surface area contributed by atoms with Crippen LogP contribution in [0.15, 0.2) is 29.3 Å². The molecule has 4 heteroatoms. The second-order valence-electron chi connectivity index (χ2n) is 5.96. The van der Waals surface area contributed by atoms with Gasteiger partial charge in [0.2, 0.25) is 0 Å². The van der Waals surface area contributed by atoms with E-state index in [1.54, 1.807) is 0 Å². The van der Waals surface area contributed by atoms with E-state index in [9.17, 15) is 0 Å². The molecule has 20 heavy (non-hydrogen) atoms. The van der Waals surface area contributed by atoms with Crippen molar-refractivity contribution < 1.29 is 0 Å². The zero-order chi connectivity index (χ0) is 14.1. The molecule has 1 heterocycles. The molecule has 1 atom stereocenters. The summed E-state index contributed by atoms with van der Waals surface area (Å²) in [5.74, 6) is 0.688. The van der Waals surface area contributed by atoms with E-state index in [1.807, 2.05) is 7.05 Å². The minimum Gasteiger partial charge on any atom is -0.370 e. The lowest BCUT2D eigenvalue weighted by molar-refractivity contribution is 0.487. The molecule has 1 fully saturated rings. The van der Waals surface area contributed by atoms with E-state index in [0.29, 0.717) is 18.0 Å². The largest absolute Gasteiger partial charge is 0.370 e. The van der Waals surface area contributed by atoms with Gasteiger partial charge in [0, 0.05) is 31.4 Å². The molecule has 0 bridgehead atoms. The summed E-state index contributed by atoms with van der Waals surface area (Å²) in [5.41, 5.74) is 8.85. The van der Waals surface area contributed by atoms with Gasteiger partial charge < -0.3 is 15.5 Å². The normalized spacial score (nSPS) is 22.0. The van der Waals surface area contributed by atoms with E-state index in [2.05, 4.69) is 46.0 Å². The lowest BCUT2D eigenvalue weighted by atomic mass is 10.1. The highest BCUT2D eigenvalue weighted by Gasteiger charge is 2.28. The molecule has 1 aliphatic carbocycles. The second-order valence-corrected chi connectivity index (χ2v) is 5.96. The quantitative estimate of drug-likeness (QED) is 0.672. The topological polar surface area (TPSA) is 44.9 Å². The average Bonchev–Trinajstić information content (AvgIpc) is 3.23. The van der Waals surface area contributed by atoms with Crippen LogP contribution >= 0.6 is 0 Å². The van der Waals surface area contributed by atoms with Crippen molar-refractivity contribution in [2.24, 2.45) is 10.7 Å². The fourth-order valence-corrected chi connectivity index (χ4v) is 3.00. The van der Waals surface area contributed by atoms with E-state index in [4.69, 9.17) is 5.73 Å². The predicted octanol–water partition coefficient (Wildman–Crippen LogP) is 1.85. The molecule has 1 aromatic rings. The molecular formula is C16H24N4. The molecule has 2 N–H and O–H groups in total. The van der Waals surface area contributed by atoms with E-state index in [1.165, 1.54) is 24.1 Å². The molecule has 1 aliphatic heterocycles. The first kappa shape index (κ1) is 13.3. The smallest absolute Gasteiger partial charge is 0.191 e. The highest BCUT2D eigenvalue weighted by atomic mass is 15.3. The van der Waals surface area contributed by atoms with Crippen molar-refractivity contribution in [2.45, 2.75) is 38.3 Å². The van der Waals surface area contributed by atoms with Crippen LogP contribution in [0.5, 0.6) is 0 Å². The predicted molar refractivity (Wildman–Crippen MR) is 84.2 cm³/mol. The van der Waals surface area contributed by atoms with Gasteiger partial charge in [-0.25, -0.2) is 0 Å². The van der Waals surface area contributed by atoms with Crippen LogP contribution in [0.4, 0.5) is 5.69 Å².